The van der Waals surface area contributed by atoms with E-state index in [0.717, 1.165) is 0 Å². The third-order valence-corrected chi connectivity index (χ3v) is 2.99. The molecule has 0 spiro atoms. The van der Waals surface area contributed by atoms with Crippen molar-refractivity contribution >= 4 is 0 Å². The van der Waals surface area contributed by atoms with Crippen molar-refractivity contribution in [2.75, 3.05) is 0 Å². The van der Waals surface area contributed by atoms with Crippen molar-refractivity contribution in [1.29, 1.82) is 0 Å². The number of rotatable bonds is 1. The molecule has 1 aliphatic carbocycles. The van der Waals surface area contributed by atoms with Crippen LogP contribution in [0.3, 0.4) is 0 Å². The first-order chi connectivity index (χ1) is 5.99. The van der Waals surface area contributed by atoms with Crippen LogP contribution in [0.15, 0.2) is 35.5 Å². The lowest BCUT2D eigenvalue weighted by Gasteiger charge is -2.33. The fourth-order valence-electron chi connectivity index (χ4n) is 2.36. The molecule has 13 heavy (non-hydrogen) atoms. The van der Waals surface area contributed by atoms with E-state index in [1.165, 1.54) is 29.6 Å². The Bertz CT molecular complexity index is 274. The molecular formula is C13H20. The molecule has 0 nitrogen and oxygen atoms in total. The van der Waals surface area contributed by atoms with Crippen LogP contribution in [0, 0.1) is 5.41 Å². The fourth-order valence-corrected chi connectivity index (χ4v) is 2.36. The Balaban J connectivity index is 3.23. The maximum absolute atomic E-state index is 3.85. The second-order valence-corrected chi connectivity index (χ2v) is 4.57. The lowest BCUT2D eigenvalue weighted by atomic mass is 9.71. The van der Waals surface area contributed by atoms with Gasteiger partial charge in [0.1, 0.15) is 0 Å². The molecule has 0 aromatic carbocycles. The highest BCUT2D eigenvalue weighted by Gasteiger charge is 2.27. The molecule has 0 heteroatoms. The van der Waals surface area contributed by atoms with Crippen LogP contribution in [0.1, 0.15) is 40.5 Å². The molecule has 0 radical (unpaired) electrons. The molecule has 0 fully saturated rings. The molecule has 0 aromatic heterocycles. The molecule has 0 saturated carbocycles. The third kappa shape index (κ3) is 1.93. The smallest absolute Gasteiger partial charge is 0.00955 e. The molecule has 0 heterocycles. The van der Waals surface area contributed by atoms with Crippen molar-refractivity contribution < 1.29 is 0 Å². The molecule has 72 valence electrons. The molecule has 0 aliphatic heterocycles. The summed E-state index contributed by atoms with van der Waals surface area (Å²) in [5, 5.41) is 0. The minimum atomic E-state index is 0.330. The summed E-state index contributed by atoms with van der Waals surface area (Å²) in [4.78, 5) is 0. The van der Waals surface area contributed by atoms with Gasteiger partial charge in [0.25, 0.3) is 0 Å². The SMILES string of the molecule is C=C/C(C)=C1/C(C)=CCCC1(C)C. The summed E-state index contributed by atoms with van der Waals surface area (Å²) in [6, 6.07) is 0. The van der Waals surface area contributed by atoms with Gasteiger partial charge >= 0.3 is 0 Å². The second kappa shape index (κ2) is 3.53. The monoisotopic (exact) mass is 176 g/mol. The lowest BCUT2D eigenvalue weighted by molar-refractivity contribution is 0.402. The van der Waals surface area contributed by atoms with Crippen LogP contribution in [0.4, 0.5) is 0 Å². The Labute approximate surface area is 82.0 Å². The van der Waals surface area contributed by atoms with Gasteiger partial charge in [0.2, 0.25) is 0 Å². The van der Waals surface area contributed by atoms with Crippen LogP contribution >= 0.6 is 0 Å². The van der Waals surface area contributed by atoms with Crippen LogP contribution in [0.5, 0.6) is 0 Å². The second-order valence-electron chi connectivity index (χ2n) is 4.57. The molecule has 0 atom stereocenters. The van der Waals surface area contributed by atoms with E-state index in [2.05, 4.69) is 40.3 Å². The van der Waals surface area contributed by atoms with Crippen molar-refractivity contribution in [1.82, 2.24) is 0 Å². The van der Waals surface area contributed by atoms with E-state index in [1.54, 1.807) is 0 Å². The van der Waals surface area contributed by atoms with Gasteiger partial charge in [0, 0.05) is 0 Å². The van der Waals surface area contributed by atoms with Gasteiger partial charge in [-0.3, -0.25) is 0 Å². The van der Waals surface area contributed by atoms with Crippen molar-refractivity contribution in [3.8, 4) is 0 Å². The zero-order chi connectivity index (χ0) is 10.1. The highest BCUT2D eigenvalue weighted by Crippen LogP contribution is 2.42. The van der Waals surface area contributed by atoms with Gasteiger partial charge in [-0.25, -0.2) is 0 Å². The van der Waals surface area contributed by atoms with Crippen LogP contribution < -0.4 is 0 Å². The van der Waals surface area contributed by atoms with E-state index in [0.29, 0.717) is 5.41 Å². The predicted molar refractivity (Wildman–Crippen MR) is 59.7 cm³/mol. The summed E-state index contributed by atoms with van der Waals surface area (Å²) in [5.74, 6) is 0. The van der Waals surface area contributed by atoms with E-state index in [1.807, 2.05) is 6.08 Å². The highest BCUT2D eigenvalue weighted by molar-refractivity contribution is 5.43. The molecule has 0 N–H and O–H groups in total. The summed E-state index contributed by atoms with van der Waals surface area (Å²) in [7, 11) is 0. The Morgan fingerprint density at radius 3 is 2.62 bits per heavy atom. The van der Waals surface area contributed by atoms with Gasteiger partial charge in [-0.1, -0.05) is 38.2 Å². The standard InChI is InChI=1S/C13H20/c1-6-10(2)12-11(3)8-7-9-13(12,4)5/h6,8H,1,7,9H2,2-5H3/b12-10-. The van der Waals surface area contributed by atoms with Gasteiger partial charge in [-0.05, 0) is 43.3 Å². The maximum Gasteiger partial charge on any atom is -0.00955 e. The van der Waals surface area contributed by atoms with Crippen LogP contribution in [0.2, 0.25) is 0 Å². The molecule has 1 aliphatic rings. The Morgan fingerprint density at radius 2 is 2.15 bits per heavy atom. The third-order valence-electron chi connectivity index (χ3n) is 2.99. The van der Waals surface area contributed by atoms with E-state index < -0.39 is 0 Å². The Kier molecular flexibility index (Phi) is 2.80. The van der Waals surface area contributed by atoms with Crippen LogP contribution in [-0.4, -0.2) is 0 Å². The summed E-state index contributed by atoms with van der Waals surface area (Å²) in [6.45, 7) is 12.9. The maximum atomic E-state index is 3.85. The van der Waals surface area contributed by atoms with Gasteiger partial charge in [-0.15, -0.1) is 0 Å². The van der Waals surface area contributed by atoms with Crippen molar-refractivity contribution in [3.05, 3.63) is 35.5 Å². The van der Waals surface area contributed by atoms with Gasteiger partial charge in [0.15, 0.2) is 0 Å². The molecule has 0 saturated heterocycles. The fraction of sp³-hybridized carbons (Fsp3) is 0.538. The molecule has 0 amide bonds. The average Bonchev–Trinajstić information content (AvgIpc) is 2.02. The normalized spacial score (nSPS) is 25.1. The first-order valence-electron chi connectivity index (χ1n) is 5.00. The van der Waals surface area contributed by atoms with E-state index in [4.69, 9.17) is 0 Å². The first kappa shape index (κ1) is 10.3. The van der Waals surface area contributed by atoms with Crippen molar-refractivity contribution in [2.24, 2.45) is 5.41 Å². The van der Waals surface area contributed by atoms with E-state index in [9.17, 15) is 0 Å². The Morgan fingerprint density at radius 1 is 1.54 bits per heavy atom. The van der Waals surface area contributed by atoms with E-state index >= 15 is 0 Å². The molecule has 0 aromatic rings. The van der Waals surface area contributed by atoms with E-state index in [-0.39, 0.29) is 0 Å². The quantitative estimate of drug-likeness (QED) is 0.560. The number of hydrogen-bond acceptors (Lipinski definition) is 0. The van der Waals surface area contributed by atoms with Crippen LogP contribution in [-0.2, 0) is 0 Å². The van der Waals surface area contributed by atoms with Crippen molar-refractivity contribution in [2.45, 2.75) is 40.5 Å². The lowest BCUT2D eigenvalue weighted by Crippen LogP contribution is -2.20. The Hall–Kier alpha value is -0.780. The van der Waals surface area contributed by atoms with Crippen LogP contribution in [0.25, 0.3) is 0 Å². The molecule has 0 bridgehead atoms. The zero-order valence-electron chi connectivity index (χ0n) is 9.28. The summed E-state index contributed by atoms with van der Waals surface area (Å²) < 4.78 is 0. The zero-order valence-corrected chi connectivity index (χ0v) is 9.28. The summed E-state index contributed by atoms with van der Waals surface area (Å²) in [6.07, 6.45) is 6.78. The summed E-state index contributed by atoms with van der Waals surface area (Å²) >= 11 is 0. The van der Waals surface area contributed by atoms with Crippen molar-refractivity contribution in [3.63, 3.8) is 0 Å². The van der Waals surface area contributed by atoms with Gasteiger partial charge in [0.05, 0.1) is 0 Å². The minimum Gasteiger partial charge on any atom is -0.0988 e. The largest absolute Gasteiger partial charge is 0.0988 e. The van der Waals surface area contributed by atoms with Gasteiger partial charge in [-0.2, -0.15) is 0 Å². The topological polar surface area (TPSA) is 0 Å². The average molecular weight is 176 g/mol. The molecule has 1 rings (SSSR count). The first-order valence-corrected chi connectivity index (χ1v) is 5.00. The molecular weight excluding hydrogens is 156 g/mol. The minimum absolute atomic E-state index is 0.330. The number of allylic oxidation sites excluding steroid dienone is 5. The molecule has 0 unspecified atom stereocenters. The van der Waals surface area contributed by atoms with Gasteiger partial charge < -0.3 is 0 Å². The number of hydrogen-bond donors (Lipinski definition) is 0. The predicted octanol–water partition coefficient (Wildman–Crippen LogP) is 4.26. The summed E-state index contributed by atoms with van der Waals surface area (Å²) in [5.41, 5.74) is 4.60. The highest BCUT2D eigenvalue weighted by atomic mass is 14.3.